The van der Waals surface area contributed by atoms with E-state index in [9.17, 15) is 4.79 Å². The predicted molar refractivity (Wildman–Crippen MR) is 70.3 cm³/mol. The summed E-state index contributed by atoms with van der Waals surface area (Å²) in [4.78, 5) is 11.7. The van der Waals surface area contributed by atoms with Gasteiger partial charge in [-0.15, -0.1) is 0 Å². The van der Waals surface area contributed by atoms with Crippen LogP contribution in [0.4, 0.5) is 0 Å². The highest BCUT2D eigenvalue weighted by atomic mass is 16.5. The number of hydrogen-bond acceptors (Lipinski definition) is 2. The Morgan fingerprint density at radius 1 is 1.18 bits per heavy atom. The number of carbonyl (C=O) groups is 1. The molecule has 0 fully saturated rings. The molecule has 0 radical (unpaired) electrons. The molecule has 1 aromatic rings. The van der Waals surface area contributed by atoms with E-state index in [0.29, 0.717) is 18.9 Å². The van der Waals surface area contributed by atoms with E-state index in [1.165, 1.54) is 0 Å². The van der Waals surface area contributed by atoms with E-state index < -0.39 is 0 Å². The van der Waals surface area contributed by atoms with Crippen LogP contribution in [0.1, 0.15) is 43.5 Å². The van der Waals surface area contributed by atoms with Crippen molar-refractivity contribution in [3.8, 4) is 0 Å². The van der Waals surface area contributed by atoms with Gasteiger partial charge in [0.15, 0.2) is 5.78 Å². The average molecular weight is 234 g/mol. The summed E-state index contributed by atoms with van der Waals surface area (Å²) in [6, 6.07) is 9.44. The monoisotopic (exact) mass is 234 g/mol. The van der Waals surface area contributed by atoms with E-state index in [-0.39, 0.29) is 5.78 Å². The number of Topliss-reactive ketones (excluding diaryl/α,β-unsaturated/α-hetero) is 1. The van der Waals surface area contributed by atoms with Gasteiger partial charge in [-0.05, 0) is 18.8 Å². The molecule has 0 aliphatic heterocycles. The van der Waals surface area contributed by atoms with E-state index in [0.717, 1.165) is 25.0 Å². The van der Waals surface area contributed by atoms with Crippen LogP contribution in [0.2, 0.25) is 0 Å². The molecule has 0 aliphatic carbocycles. The Balaban J connectivity index is 2.09. The van der Waals surface area contributed by atoms with Gasteiger partial charge in [0.1, 0.15) is 0 Å². The summed E-state index contributed by atoms with van der Waals surface area (Å²) in [5.74, 6) is 0.888. The molecule has 0 N–H and O–H groups in total. The Morgan fingerprint density at radius 2 is 1.88 bits per heavy atom. The van der Waals surface area contributed by atoms with Crippen LogP contribution in [-0.2, 0) is 4.74 Å². The summed E-state index contributed by atoms with van der Waals surface area (Å²) in [7, 11) is 0. The second kappa shape index (κ2) is 8.02. The normalized spacial score (nSPS) is 10.8. The molecule has 0 spiro atoms. The first-order valence-corrected chi connectivity index (χ1v) is 6.36. The molecule has 0 aromatic heterocycles. The van der Waals surface area contributed by atoms with Crippen LogP contribution in [0.5, 0.6) is 0 Å². The Bertz CT molecular complexity index is 317. The van der Waals surface area contributed by atoms with E-state index in [2.05, 4.69) is 13.8 Å². The van der Waals surface area contributed by atoms with Crippen molar-refractivity contribution >= 4 is 5.78 Å². The third kappa shape index (κ3) is 6.22. The quantitative estimate of drug-likeness (QED) is 0.506. The molecule has 0 bridgehead atoms. The fourth-order valence-electron chi connectivity index (χ4n) is 1.52. The van der Waals surface area contributed by atoms with Crippen molar-refractivity contribution in [2.24, 2.45) is 5.92 Å². The van der Waals surface area contributed by atoms with Gasteiger partial charge in [-0.25, -0.2) is 0 Å². The Kier molecular flexibility index (Phi) is 6.56. The van der Waals surface area contributed by atoms with Gasteiger partial charge in [0.2, 0.25) is 0 Å². The minimum atomic E-state index is 0.207. The smallest absolute Gasteiger partial charge is 0.162 e. The van der Waals surface area contributed by atoms with E-state index in [1.54, 1.807) is 0 Å². The van der Waals surface area contributed by atoms with Crippen molar-refractivity contribution in [1.82, 2.24) is 0 Å². The molecule has 94 valence electrons. The van der Waals surface area contributed by atoms with Crippen LogP contribution < -0.4 is 0 Å². The van der Waals surface area contributed by atoms with E-state index in [1.807, 2.05) is 30.3 Å². The van der Waals surface area contributed by atoms with Gasteiger partial charge >= 0.3 is 0 Å². The summed E-state index contributed by atoms with van der Waals surface area (Å²) in [6.45, 7) is 5.85. The minimum absolute atomic E-state index is 0.207. The number of benzene rings is 1. The summed E-state index contributed by atoms with van der Waals surface area (Å²) in [5.41, 5.74) is 0.801. The molecule has 2 heteroatoms. The van der Waals surface area contributed by atoms with Crippen molar-refractivity contribution in [3.05, 3.63) is 35.9 Å². The maximum Gasteiger partial charge on any atom is 0.162 e. The second-order valence-electron chi connectivity index (χ2n) is 4.69. The summed E-state index contributed by atoms with van der Waals surface area (Å²) >= 11 is 0. The predicted octanol–water partition coefficient (Wildman–Crippen LogP) is 3.71. The highest BCUT2D eigenvalue weighted by molar-refractivity contribution is 5.95. The van der Waals surface area contributed by atoms with Gasteiger partial charge in [0.25, 0.3) is 0 Å². The number of carbonyl (C=O) groups excluding carboxylic acids is 1. The zero-order valence-electron chi connectivity index (χ0n) is 10.8. The van der Waals surface area contributed by atoms with Crippen LogP contribution in [0.15, 0.2) is 30.3 Å². The lowest BCUT2D eigenvalue weighted by Gasteiger charge is -2.06. The molecular weight excluding hydrogens is 212 g/mol. The first-order chi connectivity index (χ1) is 8.20. The molecule has 1 rings (SSSR count). The van der Waals surface area contributed by atoms with Crippen molar-refractivity contribution < 1.29 is 9.53 Å². The fraction of sp³-hybridized carbons (Fsp3) is 0.533. The third-order valence-electron chi connectivity index (χ3n) is 2.63. The highest BCUT2D eigenvalue weighted by Gasteiger charge is 2.04. The van der Waals surface area contributed by atoms with Crippen molar-refractivity contribution in [3.63, 3.8) is 0 Å². The molecule has 0 saturated carbocycles. The fourth-order valence-corrected chi connectivity index (χ4v) is 1.52. The molecule has 0 unspecified atom stereocenters. The molecule has 0 saturated heterocycles. The Hall–Kier alpha value is -1.15. The van der Waals surface area contributed by atoms with Gasteiger partial charge in [-0.1, -0.05) is 44.2 Å². The molecule has 0 aliphatic rings. The second-order valence-corrected chi connectivity index (χ2v) is 4.69. The average Bonchev–Trinajstić information content (AvgIpc) is 2.34. The van der Waals surface area contributed by atoms with E-state index >= 15 is 0 Å². The zero-order chi connectivity index (χ0) is 12.5. The third-order valence-corrected chi connectivity index (χ3v) is 2.63. The van der Waals surface area contributed by atoms with E-state index in [4.69, 9.17) is 4.74 Å². The summed E-state index contributed by atoms with van der Waals surface area (Å²) in [5, 5.41) is 0. The first-order valence-electron chi connectivity index (χ1n) is 6.36. The van der Waals surface area contributed by atoms with Crippen molar-refractivity contribution in [2.45, 2.75) is 33.1 Å². The first kappa shape index (κ1) is 13.9. The largest absolute Gasteiger partial charge is 0.381 e. The topological polar surface area (TPSA) is 26.3 Å². The van der Waals surface area contributed by atoms with Crippen LogP contribution >= 0.6 is 0 Å². The van der Waals surface area contributed by atoms with Gasteiger partial charge in [0, 0.05) is 25.2 Å². The van der Waals surface area contributed by atoms with Crippen molar-refractivity contribution in [1.29, 1.82) is 0 Å². The number of ketones is 1. The lowest BCUT2D eigenvalue weighted by molar-refractivity contribution is 0.0926. The van der Waals surface area contributed by atoms with Gasteiger partial charge in [-0.3, -0.25) is 4.79 Å². The molecule has 0 heterocycles. The Morgan fingerprint density at radius 3 is 2.53 bits per heavy atom. The molecule has 0 atom stereocenters. The standard InChI is InChI=1S/C15H22O2/c1-13(2)10-12-17-11-6-9-15(16)14-7-4-3-5-8-14/h3-5,7-8,13H,6,9-12H2,1-2H3. The van der Waals surface area contributed by atoms with Gasteiger partial charge in [0.05, 0.1) is 0 Å². The molecule has 1 aromatic carbocycles. The van der Waals surface area contributed by atoms with Crippen LogP contribution in [0.3, 0.4) is 0 Å². The molecule has 17 heavy (non-hydrogen) atoms. The lowest BCUT2D eigenvalue weighted by atomic mass is 10.1. The van der Waals surface area contributed by atoms with Gasteiger partial charge in [-0.2, -0.15) is 0 Å². The van der Waals surface area contributed by atoms with Gasteiger partial charge < -0.3 is 4.74 Å². The molecule has 2 nitrogen and oxygen atoms in total. The van der Waals surface area contributed by atoms with Crippen LogP contribution in [-0.4, -0.2) is 19.0 Å². The SMILES string of the molecule is CC(C)CCOCCCC(=O)c1ccccc1. The highest BCUT2D eigenvalue weighted by Crippen LogP contribution is 2.05. The molecular formula is C15H22O2. The maximum absolute atomic E-state index is 11.7. The van der Waals surface area contributed by atoms with Crippen LogP contribution in [0, 0.1) is 5.92 Å². The zero-order valence-corrected chi connectivity index (χ0v) is 10.8. The summed E-state index contributed by atoms with van der Waals surface area (Å²) < 4.78 is 5.48. The number of hydrogen-bond donors (Lipinski definition) is 0. The van der Waals surface area contributed by atoms with Crippen molar-refractivity contribution in [2.75, 3.05) is 13.2 Å². The number of ether oxygens (including phenoxy) is 1. The lowest BCUT2D eigenvalue weighted by Crippen LogP contribution is -2.04. The maximum atomic E-state index is 11.7. The summed E-state index contributed by atoms with van der Waals surface area (Å²) in [6.07, 6.45) is 2.48. The minimum Gasteiger partial charge on any atom is -0.381 e. The van der Waals surface area contributed by atoms with Crippen LogP contribution in [0.25, 0.3) is 0 Å². The number of rotatable bonds is 8. The molecule has 0 amide bonds. The Labute approximate surface area is 104 Å².